The number of aliphatic hydroxyl groups is 1. The molecule has 2 rings (SSSR count). The highest BCUT2D eigenvalue weighted by Gasteiger charge is 2.33. The van der Waals surface area contributed by atoms with Crippen LogP contribution in [0.4, 0.5) is 4.79 Å². The molecule has 1 atom stereocenters. The molecule has 1 aliphatic rings. The molecule has 0 aliphatic carbocycles. The second-order valence-corrected chi connectivity index (χ2v) is 6.25. The van der Waals surface area contributed by atoms with Gasteiger partial charge < -0.3 is 14.6 Å². The maximum atomic E-state index is 12.4. The summed E-state index contributed by atoms with van der Waals surface area (Å²) in [7, 11) is 1.79. The van der Waals surface area contributed by atoms with Gasteiger partial charge in [0.2, 0.25) is 5.88 Å². The van der Waals surface area contributed by atoms with E-state index in [-0.39, 0.29) is 13.2 Å². The number of fused-ring (bicyclic) bond motifs is 1. The fraction of sp³-hybridized carbons (Fsp3) is 0.714. The van der Waals surface area contributed by atoms with Crippen molar-refractivity contribution in [2.45, 2.75) is 45.9 Å². The Morgan fingerprint density at radius 2 is 2.19 bits per heavy atom. The molecule has 21 heavy (non-hydrogen) atoms. The van der Waals surface area contributed by atoms with Crippen LogP contribution in [0.3, 0.4) is 0 Å². The summed E-state index contributed by atoms with van der Waals surface area (Å²) in [5.41, 5.74) is 1.07. The predicted octanol–water partition coefficient (Wildman–Crippen LogP) is 1.22. The monoisotopic (exact) mass is 297 g/mol. The van der Waals surface area contributed by atoms with E-state index in [1.54, 1.807) is 11.7 Å². The molecule has 0 aromatic carbocycles. The summed E-state index contributed by atoms with van der Waals surface area (Å²) in [6.07, 6.45) is -0.457. The van der Waals surface area contributed by atoms with Gasteiger partial charge in [0, 0.05) is 7.05 Å². The van der Waals surface area contributed by atoms with Gasteiger partial charge in [-0.3, -0.25) is 4.90 Å². The van der Waals surface area contributed by atoms with Crippen LogP contribution in [-0.2, 0) is 18.3 Å². The van der Waals surface area contributed by atoms with Crippen molar-refractivity contribution >= 4 is 6.09 Å². The van der Waals surface area contributed by atoms with Gasteiger partial charge in [-0.05, 0) is 27.7 Å². The summed E-state index contributed by atoms with van der Waals surface area (Å²) in [4.78, 5) is 13.9. The standard InChI is InChI=1S/C14H23N3O4/c1-9-11-6-17(13(19)21-14(2,3)4)10(7-18)8-20-12(11)16(5)15-9/h10,18H,6-8H2,1-5H3. The number of amides is 1. The summed E-state index contributed by atoms with van der Waals surface area (Å²) in [6, 6.07) is -0.438. The van der Waals surface area contributed by atoms with Crippen LogP contribution in [0, 0.1) is 6.92 Å². The van der Waals surface area contributed by atoms with E-state index < -0.39 is 17.7 Å². The molecule has 2 heterocycles. The Kier molecular flexibility index (Phi) is 4.13. The summed E-state index contributed by atoms with van der Waals surface area (Å²) < 4.78 is 12.8. The number of aromatic nitrogens is 2. The van der Waals surface area contributed by atoms with Gasteiger partial charge in [0.05, 0.1) is 30.5 Å². The van der Waals surface area contributed by atoms with E-state index in [9.17, 15) is 9.90 Å². The normalized spacial score (nSPS) is 18.8. The van der Waals surface area contributed by atoms with Crippen molar-refractivity contribution in [3.8, 4) is 5.88 Å². The van der Waals surface area contributed by atoms with Gasteiger partial charge in [0.25, 0.3) is 0 Å². The quantitative estimate of drug-likeness (QED) is 0.843. The molecule has 1 aromatic rings. The van der Waals surface area contributed by atoms with Gasteiger partial charge in [-0.15, -0.1) is 0 Å². The molecule has 0 saturated heterocycles. The Labute approximate surface area is 124 Å². The van der Waals surface area contributed by atoms with E-state index >= 15 is 0 Å². The van der Waals surface area contributed by atoms with Crippen molar-refractivity contribution in [1.29, 1.82) is 0 Å². The van der Waals surface area contributed by atoms with Crippen molar-refractivity contribution < 1.29 is 19.4 Å². The molecule has 7 nitrogen and oxygen atoms in total. The largest absolute Gasteiger partial charge is 0.475 e. The zero-order valence-electron chi connectivity index (χ0n) is 13.2. The zero-order chi connectivity index (χ0) is 15.8. The van der Waals surface area contributed by atoms with Crippen molar-refractivity contribution in [2.24, 2.45) is 7.05 Å². The van der Waals surface area contributed by atoms with Crippen LogP contribution in [0.25, 0.3) is 0 Å². The SMILES string of the molecule is Cc1nn(C)c2c1CN(C(=O)OC(C)(C)C)C(CO)CO2. The fourth-order valence-electron chi connectivity index (χ4n) is 2.29. The van der Waals surface area contributed by atoms with Crippen LogP contribution < -0.4 is 4.74 Å². The van der Waals surface area contributed by atoms with Crippen LogP contribution in [0.1, 0.15) is 32.0 Å². The maximum absolute atomic E-state index is 12.4. The number of hydrogen-bond donors (Lipinski definition) is 1. The molecule has 118 valence electrons. The third-order valence-electron chi connectivity index (χ3n) is 3.31. The van der Waals surface area contributed by atoms with E-state index in [4.69, 9.17) is 9.47 Å². The number of carbonyl (C=O) groups is 1. The first-order valence-electron chi connectivity index (χ1n) is 6.98. The maximum Gasteiger partial charge on any atom is 0.411 e. The van der Waals surface area contributed by atoms with Crippen LogP contribution >= 0.6 is 0 Å². The first-order valence-corrected chi connectivity index (χ1v) is 6.98. The number of nitrogens with zero attached hydrogens (tertiary/aromatic N) is 3. The number of hydrogen-bond acceptors (Lipinski definition) is 5. The molecule has 1 N–H and O–H groups in total. The van der Waals surface area contributed by atoms with Crippen LogP contribution in [-0.4, -0.2) is 50.7 Å². The van der Waals surface area contributed by atoms with Crippen molar-refractivity contribution in [3.63, 3.8) is 0 Å². The second-order valence-electron chi connectivity index (χ2n) is 6.25. The lowest BCUT2D eigenvalue weighted by Gasteiger charge is -2.30. The molecular formula is C14H23N3O4. The molecule has 0 bridgehead atoms. The average Bonchev–Trinajstić information content (AvgIpc) is 2.55. The van der Waals surface area contributed by atoms with E-state index in [2.05, 4.69) is 5.10 Å². The van der Waals surface area contributed by atoms with Gasteiger partial charge >= 0.3 is 6.09 Å². The van der Waals surface area contributed by atoms with Crippen LogP contribution in [0.15, 0.2) is 0 Å². The molecule has 0 radical (unpaired) electrons. The first-order chi connectivity index (χ1) is 9.73. The number of aliphatic hydroxyl groups excluding tert-OH is 1. The van der Waals surface area contributed by atoms with Crippen LogP contribution in [0.2, 0.25) is 0 Å². The molecular weight excluding hydrogens is 274 g/mol. The smallest absolute Gasteiger partial charge is 0.411 e. The number of ether oxygens (including phenoxy) is 2. The Morgan fingerprint density at radius 3 is 2.76 bits per heavy atom. The van der Waals surface area contributed by atoms with E-state index in [0.717, 1.165) is 11.3 Å². The highest BCUT2D eigenvalue weighted by molar-refractivity contribution is 5.69. The van der Waals surface area contributed by atoms with Crippen molar-refractivity contribution in [3.05, 3.63) is 11.3 Å². The summed E-state index contributed by atoms with van der Waals surface area (Å²) in [5, 5.41) is 13.8. The van der Waals surface area contributed by atoms with Crippen molar-refractivity contribution in [2.75, 3.05) is 13.2 Å². The van der Waals surface area contributed by atoms with E-state index in [1.807, 2.05) is 27.7 Å². The fourth-order valence-corrected chi connectivity index (χ4v) is 2.29. The number of carbonyl (C=O) groups excluding carboxylic acids is 1. The molecule has 0 fully saturated rings. The van der Waals surface area contributed by atoms with E-state index in [1.165, 1.54) is 4.90 Å². The lowest BCUT2D eigenvalue weighted by molar-refractivity contribution is 0.00269. The van der Waals surface area contributed by atoms with Crippen LogP contribution in [0.5, 0.6) is 5.88 Å². The molecule has 1 amide bonds. The Hall–Kier alpha value is -1.76. The van der Waals surface area contributed by atoms with Gasteiger partial charge in [0.1, 0.15) is 12.2 Å². The second kappa shape index (κ2) is 5.55. The minimum absolute atomic E-state index is 0.181. The molecule has 7 heteroatoms. The summed E-state index contributed by atoms with van der Waals surface area (Å²) in [6.45, 7) is 7.65. The third kappa shape index (κ3) is 3.29. The zero-order valence-corrected chi connectivity index (χ0v) is 13.2. The molecule has 0 spiro atoms. The molecule has 1 unspecified atom stereocenters. The predicted molar refractivity (Wildman–Crippen MR) is 76.1 cm³/mol. The Bertz CT molecular complexity index is 533. The summed E-state index contributed by atoms with van der Waals surface area (Å²) in [5.74, 6) is 0.636. The Balaban J connectivity index is 2.29. The third-order valence-corrected chi connectivity index (χ3v) is 3.31. The number of aryl methyl sites for hydroxylation is 2. The van der Waals surface area contributed by atoms with Gasteiger partial charge in [-0.25, -0.2) is 9.48 Å². The van der Waals surface area contributed by atoms with Crippen molar-refractivity contribution in [1.82, 2.24) is 14.7 Å². The lowest BCUT2D eigenvalue weighted by Crippen LogP contribution is -2.46. The highest BCUT2D eigenvalue weighted by atomic mass is 16.6. The minimum atomic E-state index is -0.586. The first kappa shape index (κ1) is 15.6. The molecule has 1 aromatic heterocycles. The highest BCUT2D eigenvalue weighted by Crippen LogP contribution is 2.28. The average molecular weight is 297 g/mol. The van der Waals surface area contributed by atoms with Gasteiger partial charge in [-0.1, -0.05) is 0 Å². The lowest BCUT2D eigenvalue weighted by atomic mass is 10.2. The number of rotatable bonds is 1. The van der Waals surface area contributed by atoms with Gasteiger partial charge in [-0.2, -0.15) is 5.10 Å². The minimum Gasteiger partial charge on any atom is -0.475 e. The van der Waals surface area contributed by atoms with Gasteiger partial charge in [0.15, 0.2) is 0 Å². The van der Waals surface area contributed by atoms with E-state index in [0.29, 0.717) is 12.4 Å². The molecule has 0 saturated carbocycles. The summed E-state index contributed by atoms with van der Waals surface area (Å²) >= 11 is 0. The molecule has 1 aliphatic heterocycles. The topological polar surface area (TPSA) is 76.8 Å². The Morgan fingerprint density at radius 1 is 1.52 bits per heavy atom.